The van der Waals surface area contributed by atoms with E-state index in [4.69, 9.17) is 0 Å². The van der Waals surface area contributed by atoms with E-state index in [1.165, 1.54) is 0 Å². The van der Waals surface area contributed by atoms with Gasteiger partial charge in [-0.05, 0) is 12.5 Å². The predicted molar refractivity (Wildman–Crippen MR) is 65.7 cm³/mol. The van der Waals surface area contributed by atoms with Gasteiger partial charge >= 0.3 is 0 Å². The smallest absolute Gasteiger partial charge is 0.229 e. The molecule has 90 valence electrons. The third-order valence-corrected chi connectivity index (χ3v) is 3.30. The number of Topliss-reactive ketones (excluding diaryl/α,β-unsaturated/α-hetero) is 1. The quantitative estimate of drug-likeness (QED) is 0.780. The van der Waals surface area contributed by atoms with Crippen molar-refractivity contribution in [3.63, 3.8) is 0 Å². The van der Waals surface area contributed by atoms with Crippen LogP contribution in [0.15, 0.2) is 30.3 Å². The van der Waals surface area contributed by atoms with E-state index in [1.54, 1.807) is 4.90 Å². The van der Waals surface area contributed by atoms with E-state index in [1.807, 2.05) is 37.3 Å². The molecule has 0 radical (unpaired) electrons. The maximum Gasteiger partial charge on any atom is 0.229 e. The first-order valence-corrected chi connectivity index (χ1v) is 6.04. The van der Waals surface area contributed by atoms with Gasteiger partial charge in [0.15, 0.2) is 0 Å². The third kappa shape index (κ3) is 2.73. The molecule has 3 heteroatoms. The minimum absolute atomic E-state index is 0.121. The highest BCUT2D eigenvalue weighted by molar-refractivity contribution is 5.86. The molecule has 0 bridgehead atoms. The van der Waals surface area contributed by atoms with Gasteiger partial charge in [0.2, 0.25) is 5.91 Å². The Balaban J connectivity index is 2.03. The number of ketones is 1. The second kappa shape index (κ2) is 5.13. The van der Waals surface area contributed by atoms with Gasteiger partial charge in [-0.2, -0.15) is 0 Å². The van der Waals surface area contributed by atoms with Crippen LogP contribution in [0.3, 0.4) is 0 Å². The van der Waals surface area contributed by atoms with Crippen LogP contribution in [-0.2, 0) is 9.59 Å². The summed E-state index contributed by atoms with van der Waals surface area (Å²) in [7, 11) is 0. The van der Waals surface area contributed by atoms with Crippen molar-refractivity contribution in [2.24, 2.45) is 0 Å². The van der Waals surface area contributed by atoms with Crippen LogP contribution >= 0.6 is 0 Å². The molecule has 1 saturated heterocycles. The molecule has 2 rings (SSSR count). The number of likely N-dealkylation sites (tertiary alicyclic amines) is 1. The van der Waals surface area contributed by atoms with Crippen molar-refractivity contribution in [1.29, 1.82) is 0 Å². The molecule has 0 aromatic heterocycles. The lowest BCUT2D eigenvalue weighted by molar-refractivity contribution is -0.135. The summed E-state index contributed by atoms with van der Waals surface area (Å²) >= 11 is 0. The summed E-state index contributed by atoms with van der Waals surface area (Å²) in [4.78, 5) is 25.2. The molecule has 1 amide bonds. The standard InChI is InChI=1S/C14H17NO2/c1-11(12-5-3-2-4-6-12)14(17)15-9-7-13(16)8-10-15/h2-6,11H,7-10H2,1H3. The molecule has 1 aromatic carbocycles. The van der Waals surface area contributed by atoms with Crippen LogP contribution in [-0.4, -0.2) is 29.7 Å². The molecule has 1 fully saturated rings. The number of rotatable bonds is 2. The number of amides is 1. The van der Waals surface area contributed by atoms with Gasteiger partial charge in [0.1, 0.15) is 5.78 Å². The Kier molecular flexibility index (Phi) is 3.57. The summed E-state index contributed by atoms with van der Waals surface area (Å²) in [6.45, 7) is 3.08. The van der Waals surface area contributed by atoms with E-state index in [2.05, 4.69) is 0 Å². The van der Waals surface area contributed by atoms with Crippen LogP contribution in [0.5, 0.6) is 0 Å². The highest BCUT2D eigenvalue weighted by Gasteiger charge is 2.25. The molecule has 1 heterocycles. The summed E-state index contributed by atoms with van der Waals surface area (Å²) in [5, 5.41) is 0. The van der Waals surface area contributed by atoms with E-state index in [0.29, 0.717) is 25.9 Å². The van der Waals surface area contributed by atoms with E-state index in [9.17, 15) is 9.59 Å². The SMILES string of the molecule is CC(C(=O)N1CCC(=O)CC1)c1ccccc1. The predicted octanol–water partition coefficient (Wildman–Crippen LogP) is 1.98. The first-order chi connectivity index (χ1) is 8.18. The average Bonchev–Trinajstić information content (AvgIpc) is 2.39. The molecule has 0 N–H and O–H groups in total. The third-order valence-electron chi connectivity index (χ3n) is 3.30. The van der Waals surface area contributed by atoms with Crippen molar-refractivity contribution in [2.75, 3.05) is 13.1 Å². The van der Waals surface area contributed by atoms with Crippen molar-refractivity contribution in [1.82, 2.24) is 4.90 Å². The Morgan fingerprint density at radius 1 is 1.18 bits per heavy atom. The molecule has 3 nitrogen and oxygen atoms in total. The van der Waals surface area contributed by atoms with Crippen molar-refractivity contribution in [3.05, 3.63) is 35.9 Å². The molecule has 1 aliphatic rings. The molecule has 0 spiro atoms. The van der Waals surface area contributed by atoms with Gasteiger partial charge in [0, 0.05) is 25.9 Å². The van der Waals surface area contributed by atoms with Crippen LogP contribution in [0.4, 0.5) is 0 Å². The number of piperidine rings is 1. The minimum atomic E-state index is -0.121. The molecule has 1 aliphatic heterocycles. The Bertz CT molecular complexity index is 403. The lowest BCUT2D eigenvalue weighted by Gasteiger charge is -2.28. The summed E-state index contributed by atoms with van der Waals surface area (Å²) in [6.07, 6.45) is 1.01. The van der Waals surface area contributed by atoms with Crippen molar-refractivity contribution < 1.29 is 9.59 Å². The molecule has 1 atom stereocenters. The van der Waals surface area contributed by atoms with Gasteiger partial charge in [-0.3, -0.25) is 9.59 Å². The minimum Gasteiger partial charge on any atom is -0.341 e. The molecule has 1 aromatic rings. The normalized spacial score (nSPS) is 17.9. The number of nitrogens with zero attached hydrogens (tertiary/aromatic N) is 1. The van der Waals surface area contributed by atoms with E-state index in [0.717, 1.165) is 5.56 Å². The molecular weight excluding hydrogens is 214 g/mol. The average molecular weight is 231 g/mol. The van der Waals surface area contributed by atoms with E-state index >= 15 is 0 Å². The Morgan fingerprint density at radius 2 is 1.76 bits per heavy atom. The first kappa shape index (κ1) is 11.8. The maximum atomic E-state index is 12.2. The first-order valence-electron chi connectivity index (χ1n) is 6.04. The van der Waals surface area contributed by atoms with Gasteiger partial charge in [-0.25, -0.2) is 0 Å². The maximum absolute atomic E-state index is 12.2. The highest BCUT2D eigenvalue weighted by atomic mass is 16.2. The molecular formula is C14H17NO2. The fraction of sp³-hybridized carbons (Fsp3) is 0.429. The van der Waals surface area contributed by atoms with Gasteiger partial charge in [0.25, 0.3) is 0 Å². The van der Waals surface area contributed by atoms with Crippen LogP contribution in [0.25, 0.3) is 0 Å². The van der Waals surface area contributed by atoms with Gasteiger partial charge in [-0.1, -0.05) is 30.3 Å². The highest BCUT2D eigenvalue weighted by Crippen LogP contribution is 2.19. The number of hydrogen-bond donors (Lipinski definition) is 0. The Labute approximate surface area is 101 Å². The molecule has 17 heavy (non-hydrogen) atoms. The zero-order valence-corrected chi connectivity index (χ0v) is 10.1. The number of carbonyl (C=O) groups is 2. The fourth-order valence-electron chi connectivity index (χ4n) is 2.13. The largest absolute Gasteiger partial charge is 0.341 e. The summed E-state index contributed by atoms with van der Waals surface area (Å²) in [5.41, 5.74) is 1.04. The fourth-order valence-corrected chi connectivity index (χ4v) is 2.13. The number of carbonyl (C=O) groups excluding carboxylic acids is 2. The van der Waals surface area contributed by atoms with Gasteiger partial charge in [-0.15, -0.1) is 0 Å². The monoisotopic (exact) mass is 231 g/mol. The molecule has 0 aliphatic carbocycles. The van der Waals surface area contributed by atoms with Crippen LogP contribution in [0, 0.1) is 0 Å². The second-order valence-electron chi connectivity index (χ2n) is 4.50. The topological polar surface area (TPSA) is 37.4 Å². The van der Waals surface area contributed by atoms with Crippen LogP contribution in [0.1, 0.15) is 31.2 Å². The van der Waals surface area contributed by atoms with Crippen molar-refractivity contribution in [2.45, 2.75) is 25.7 Å². The molecule has 1 unspecified atom stereocenters. The number of hydrogen-bond acceptors (Lipinski definition) is 2. The molecule has 0 saturated carbocycles. The lowest BCUT2D eigenvalue weighted by Crippen LogP contribution is -2.40. The van der Waals surface area contributed by atoms with Crippen molar-refractivity contribution in [3.8, 4) is 0 Å². The Morgan fingerprint density at radius 3 is 2.35 bits per heavy atom. The van der Waals surface area contributed by atoms with Crippen LogP contribution in [0.2, 0.25) is 0 Å². The van der Waals surface area contributed by atoms with Crippen molar-refractivity contribution >= 4 is 11.7 Å². The summed E-state index contributed by atoms with van der Waals surface area (Å²) in [5.74, 6) is 0.273. The second-order valence-corrected chi connectivity index (χ2v) is 4.50. The Hall–Kier alpha value is -1.64. The van der Waals surface area contributed by atoms with E-state index < -0.39 is 0 Å². The van der Waals surface area contributed by atoms with E-state index in [-0.39, 0.29) is 17.6 Å². The van der Waals surface area contributed by atoms with Gasteiger partial charge in [0.05, 0.1) is 5.92 Å². The summed E-state index contributed by atoms with van der Waals surface area (Å²) < 4.78 is 0. The zero-order valence-electron chi connectivity index (χ0n) is 10.1. The van der Waals surface area contributed by atoms with Gasteiger partial charge < -0.3 is 4.90 Å². The number of benzene rings is 1. The summed E-state index contributed by atoms with van der Waals surface area (Å²) in [6, 6.07) is 9.77. The van der Waals surface area contributed by atoms with Crippen LogP contribution < -0.4 is 0 Å². The lowest BCUT2D eigenvalue weighted by atomic mass is 9.98. The zero-order chi connectivity index (χ0) is 12.3.